The molecule has 1 saturated heterocycles. The minimum Gasteiger partial charge on any atom is -0.383 e. The van der Waals surface area contributed by atoms with Gasteiger partial charge in [-0.25, -0.2) is 8.42 Å². The minimum absolute atomic E-state index is 0.0410. The SMILES string of the molecule is Cc1c(NCC2CCCS2(=O)=O)cccc1[N+](=O)[O-]. The van der Waals surface area contributed by atoms with Crippen LogP contribution < -0.4 is 5.32 Å². The largest absolute Gasteiger partial charge is 0.383 e. The van der Waals surface area contributed by atoms with Gasteiger partial charge in [-0.15, -0.1) is 0 Å². The first-order valence-corrected chi connectivity index (χ1v) is 7.83. The fourth-order valence-corrected chi connectivity index (χ4v) is 4.09. The number of nitrogens with one attached hydrogen (secondary N) is 1. The summed E-state index contributed by atoms with van der Waals surface area (Å²) in [6, 6.07) is 4.76. The van der Waals surface area contributed by atoms with Gasteiger partial charge in [-0.05, 0) is 25.8 Å². The highest BCUT2D eigenvalue weighted by molar-refractivity contribution is 7.92. The highest BCUT2D eigenvalue weighted by Crippen LogP contribution is 2.26. The number of nitrogens with zero attached hydrogens (tertiary/aromatic N) is 1. The number of anilines is 1. The van der Waals surface area contributed by atoms with Gasteiger partial charge in [-0.3, -0.25) is 10.1 Å². The Morgan fingerprint density at radius 3 is 2.79 bits per heavy atom. The third-order valence-electron chi connectivity index (χ3n) is 3.48. The molecule has 1 aromatic rings. The molecule has 0 aromatic heterocycles. The molecular formula is C12H16N2O4S. The summed E-state index contributed by atoms with van der Waals surface area (Å²) < 4.78 is 23.4. The quantitative estimate of drug-likeness (QED) is 0.673. The third kappa shape index (κ3) is 2.86. The Bertz CT molecular complexity index is 598. The van der Waals surface area contributed by atoms with E-state index in [-0.39, 0.29) is 16.7 Å². The maximum Gasteiger partial charge on any atom is 0.274 e. The number of rotatable bonds is 4. The van der Waals surface area contributed by atoms with Crippen LogP contribution in [0, 0.1) is 17.0 Å². The zero-order valence-corrected chi connectivity index (χ0v) is 11.4. The molecule has 0 bridgehead atoms. The molecule has 1 atom stereocenters. The summed E-state index contributed by atoms with van der Waals surface area (Å²) in [5, 5.41) is 13.5. The van der Waals surface area contributed by atoms with Crippen molar-refractivity contribution in [1.29, 1.82) is 0 Å². The standard InChI is InChI=1S/C12H16N2O4S/c1-9-11(5-2-6-12(9)14(15)16)13-8-10-4-3-7-19(10,17)18/h2,5-6,10,13H,3-4,7-8H2,1H3. The zero-order chi connectivity index (χ0) is 14.0. The third-order valence-corrected chi connectivity index (χ3v) is 5.76. The maximum atomic E-state index is 11.7. The van der Waals surface area contributed by atoms with E-state index in [4.69, 9.17) is 0 Å². The summed E-state index contributed by atoms with van der Waals surface area (Å²) in [5.74, 6) is 0.243. The molecule has 104 valence electrons. The average molecular weight is 284 g/mol. The zero-order valence-electron chi connectivity index (χ0n) is 10.6. The first-order valence-electron chi connectivity index (χ1n) is 6.11. The molecule has 6 nitrogen and oxygen atoms in total. The van der Waals surface area contributed by atoms with E-state index < -0.39 is 14.8 Å². The summed E-state index contributed by atoms with van der Waals surface area (Å²) in [6.45, 7) is 1.97. The monoisotopic (exact) mass is 284 g/mol. The molecule has 19 heavy (non-hydrogen) atoms. The maximum absolute atomic E-state index is 11.7. The Morgan fingerprint density at radius 1 is 1.47 bits per heavy atom. The van der Waals surface area contributed by atoms with Crippen LogP contribution in [0.3, 0.4) is 0 Å². The lowest BCUT2D eigenvalue weighted by Crippen LogP contribution is -2.25. The predicted octanol–water partition coefficient (Wildman–Crippen LogP) is 1.89. The first kappa shape index (κ1) is 13.8. The Kier molecular flexibility index (Phi) is 3.75. The summed E-state index contributed by atoms with van der Waals surface area (Å²) in [6.07, 6.45) is 1.35. The lowest BCUT2D eigenvalue weighted by atomic mass is 10.1. The van der Waals surface area contributed by atoms with Gasteiger partial charge < -0.3 is 5.32 Å². The topological polar surface area (TPSA) is 89.3 Å². The van der Waals surface area contributed by atoms with Crippen LogP contribution in [0.15, 0.2) is 18.2 Å². The normalized spacial score (nSPS) is 21.2. The lowest BCUT2D eigenvalue weighted by molar-refractivity contribution is -0.385. The number of hydrogen-bond acceptors (Lipinski definition) is 5. The molecular weight excluding hydrogens is 268 g/mol. The van der Waals surface area contributed by atoms with Crippen LogP contribution >= 0.6 is 0 Å². The Morgan fingerprint density at radius 2 is 2.21 bits per heavy atom. The van der Waals surface area contributed by atoms with Gasteiger partial charge in [0.1, 0.15) is 0 Å². The number of benzene rings is 1. The van der Waals surface area contributed by atoms with Gasteiger partial charge >= 0.3 is 0 Å². The number of sulfone groups is 1. The minimum atomic E-state index is -2.99. The second kappa shape index (κ2) is 5.16. The lowest BCUT2D eigenvalue weighted by Gasteiger charge is -2.13. The molecule has 1 unspecified atom stereocenters. The van der Waals surface area contributed by atoms with Crippen LogP contribution in [-0.2, 0) is 9.84 Å². The summed E-state index contributed by atoms with van der Waals surface area (Å²) in [4.78, 5) is 10.4. The predicted molar refractivity (Wildman–Crippen MR) is 73.1 cm³/mol. The van der Waals surface area contributed by atoms with E-state index in [1.807, 2.05) is 0 Å². The van der Waals surface area contributed by atoms with Crippen LogP contribution in [-0.4, -0.2) is 30.9 Å². The Labute approximate surface area is 111 Å². The molecule has 0 spiro atoms. The van der Waals surface area contributed by atoms with Crippen molar-refractivity contribution in [3.63, 3.8) is 0 Å². The highest BCUT2D eigenvalue weighted by Gasteiger charge is 2.31. The van der Waals surface area contributed by atoms with Crippen LogP contribution in [0.2, 0.25) is 0 Å². The number of nitro groups is 1. The van der Waals surface area contributed by atoms with Crippen LogP contribution in [0.25, 0.3) is 0 Å². The van der Waals surface area contributed by atoms with Gasteiger partial charge in [0.25, 0.3) is 5.69 Å². The molecule has 0 radical (unpaired) electrons. The van der Waals surface area contributed by atoms with E-state index in [0.717, 1.165) is 0 Å². The second-order valence-corrected chi connectivity index (χ2v) is 7.12. The average Bonchev–Trinajstić information content (AvgIpc) is 2.67. The summed E-state index contributed by atoms with van der Waals surface area (Å²) >= 11 is 0. The van der Waals surface area contributed by atoms with Gasteiger partial charge in [0.05, 0.1) is 15.9 Å². The summed E-state index contributed by atoms with van der Waals surface area (Å²) in [7, 11) is -2.99. The Hall–Kier alpha value is -1.63. The van der Waals surface area contributed by atoms with E-state index >= 15 is 0 Å². The number of nitro benzene ring substituents is 1. The highest BCUT2D eigenvalue weighted by atomic mass is 32.2. The van der Waals surface area contributed by atoms with Crippen molar-refractivity contribution in [3.8, 4) is 0 Å². The first-order chi connectivity index (χ1) is 8.92. The van der Waals surface area contributed by atoms with Crippen molar-refractivity contribution in [1.82, 2.24) is 0 Å². The van der Waals surface area contributed by atoms with Gasteiger partial charge in [-0.1, -0.05) is 6.07 Å². The van der Waals surface area contributed by atoms with Gasteiger partial charge in [-0.2, -0.15) is 0 Å². The van der Waals surface area contributed by atoms with E-state index in [0.29, 0.717) is 30.6 Å². The number of hydrogen-bond donors (Lipinski definition) is 1. The molecule has 2 rings (SSSR count). The van der Waals surface area contributed by atoms with E-state index in [1.54, 1.807) is 19.1 Å². The molecule has 7 heteroatoms. The molecule has 1 aliphatic rings. The van der Waals surface area contributed by atoms with Crippen LogP contribution in [0.5, 0.6) is 0 Å². The van der Waals surface area contributed by atoms with Gasteiger partial charge in [0.2, 0.25) is 0 Å². The molecule has 1 N–H and O–H groups in total. The van der Waals surface area contributed by atoms with Crippen molar-refractivity contribution >= 4 is 21.2 Å². The van der Waals surface area contributed by atoms with Crippen molar-refractivity contribution in [2.24, 2.45) is 0 Å². The molecule has 1 heterocycles. The van der Waals surface area contributed by atoms with E-state index in [9.17, 15) is 18.5 Å². The molecule has 1 fully saturated rings. The fourth-order valence-electron chi connectivity index (χ4n) is 2.32. The molecule has 0 saturated carbocycles. The van der Waals surface area contributed by atoms with E-state index in [1.165, 1.54) is 6.07 Å². The van der Waals surface area contributed by atoms with Gasteiger partial charge in [0, 0.05) is 23.9 Å². The van der Waals surface area contributed by atoms with Crippen LogP contribution in [0.4, 0.5) is 11.4 Å². The summed E-state index contributed by atoms with van der Waals surface area (Å²) in [5.41, 5.74) is 1.19. The van der Waals surface area contributed by atoms with Crippen LogP contribution in [0.1, 0.15) is 18.4 Å². The molecule has 1 aliphatic heterocycles. The fraction of sp³-hybridized carbons (Fsp3) is 0.500. The van der Waals surface area contributed by atoms with E-state index in [2.05, 4.69) is 5.32 Å². The van der Waals surface area contributed by atoms with Crippen molar-refractivity contribution in [2.45, 2.75) is 25.0 Å². The molecule has 0 aliphatic carbocycles. The van der Waals surface area contributed by atoms with Crippen molar-refractivity contribution in [2.75, 3.05) is 17.6 Å². The molecule has 0 amide bonds. The van der Waals surface area contributed by atoms with Gasteiger partial charge in [0.15, 0.2) is 9.84 Å². The molecule has 1 aromatic carbocycles. The van der Waals surface area contributed by atoms with Crippen molar-refractivity contribution < 1.29 is 13.3 Å². The second-order valence-electron chi connectivity index (χ2n) is 4.72. The van der Waals surface area contributed by atoms with Crippen molar-refractivity contribution in [3.05, 3.63) is 33.9 Å². The Balaban J connectivity index is 2.12. The smallest absolute Gasteiger partial charge is 0.274 e.